The molecule has 1 saturated heterocycles. The molecule has 0 saturated carbocycles. The molecule has 0 radical (unpaired) electrons. The van der Waals surface area contributed by atoms with Crippen LogP contribution in [0.1, 0.15) is 50.6 Å². The second-order valence-corrected chi connectivity index (χ2v) is 13.8. The smallest absolute Gasteiger partial charge is 0.407 e. The standard InChI is InChI=1S/C45H45N3O11/c49-39-17-18-40(50)48(39)59-44(52)42-36-15-7-5-13-34(36)41(35-14-6-8-16-37(35)42)43(51)46-19-21-54-23-25-56-27-28-57-26-24-55-22-20-47-45(53)58-29-38-32-11-3-1-9-30(32)31-10-2-4-12-33(31)38/h1-16,38H,17-29H2,(H,46,51)(H,47,53). The van der Waals surface area contributed by atoms with Crippen LogP contribution in [0.2, 0.25) is 0 Å². The van der Waals surface area contributed by atoms with Crippen molar-refractivity contribution in [3.63, 3.8) is 0 Å². The van der Waals surface area contributed by atoms with Gasteiger partial charge in [-0.3, -0.25) is 14.4 Å². The first kappa shape index (κ1) is 41.0. The quantitative estimate of drug-likeness (QED) is 0.0576. The van der Waals surface area contributed by atoms with Crippen LogP contribution in [0.25, 0.3) is 32.7 Å². The number of rotatable bonds is 20. The fraction of sp³-hybridized carbons (Fsp3) is 0.311. The highest BCUT2D eigenvalue weighted by molar-refractivity contribution is 6.25. The van der Waals surface area contributed by atoms with Crippen molar-refractivity contribution in [2.24, 2.45) is 0 Å². The molecule has 5 aromatic carbocycles. The van der Waals surface area contributed by atoms with Crippen LogP contribution in [0.3, 0.4) is 0 Å². The number of imide groups is 1. The molecule has 2 N–H and O–H groups in total. The molecule has 5 aromatic rings. The molecule has 1 fully saturated rings. The summed E-state index contributed by atoms with van der Waals surface area (Å²) in [5.74, 6) is -2.36. The molecular weight excluding hydrogens is 759 g/mol. The zero-order chi connectivity index (χ0) is 41.0. The molecule has 1 heterocycles. The zero-order valence-corrected chi connectivity index (χ0v) is 32.4. The molecule has 14 heteroatoms. The van der Waals surface area contributed by atoms with Gasteiger partial charge in [-0.1, -0.05) is 97.1 Å². The van der Waals surface area contributed by atoms with Gasteiger partial charge in [0.15, 0.2) is 0 Å². The van der Waals surface area contributed by atoms with Crippen LogP contribution in [0.4, 0.5) is 4.79 Å². The summed E-state index contributed by atoms with van der Waals surface area (Å²) in [7, 11) is 0. The summed E-state index contributed by atoms with van der Waals surface area (Å²) in [6, 6.07) is 30.3. The van der Waals surface area contributed by atoms with Crippen LogP contribution in [0.15, 0.2) is 97.1 Å². The maximum atomic E-state index is 13.6. The van der Waals surface area contributed by atoms with E-state index in [1.807, 2.05) is 24.3 Å². The highest BCUT2D eigenvalue weighted by Crippen LogP contribution is 2.44. The Morgan fingerprint density at radius 3 is 1.47 bits per heavy atom. The number of carbonyl (C=O) groups is 5. The summed E-state index contributed by atoms with van der Waals surface area (Å²) >= 11 is 0. The lowest BCUT2D eigenvalue weighted by Crippen LogP contribution is -2.32. The summed E-state index contributed by atoms with van der Waals surface area (Å²) < 4.78 is 27.8. The third kappa shape index (κ3) is 9.75. The van der Waals surface area contributed by atoms with Crippen LogP contribution >= 0.6 is 0 Å². The van der Waals surface area contributed by atoms with E-state index in [1.54, 1.807) is 48.5 Å². The van der Waals surface area contributed by atoms with Crippen molar-refractivity contribution in [1.29, 1.82) is 0 Å². The lowest BCUT2D eigenvalue weighted by molar-refractivity contribution is -0.172. The van der Waals surface area contributed by atoms with Gasteiger partial charge in [-0.15, -0.1) is 5.06 Å². The van der Waals surface area contributed by atoms with Crippen molar-refractivity contribution in [2.45, 2.75) is 18.8 Å². The number of alkyl carbamates (subject to hydrolysis) is 1. The SMILES string of the molecule is O=C(NCCOCCOCCOCCOCCNC(=O)c1c2ccccc2c(C(=O)ON2C(=O)CCC2=O)c2ccccc12)OCC1c2ccccc2-c2ccccc21. The maximum Gasteiger partial charge on any atom is 0.407 e. The van der Waals surface area contributed by atoms with E-state index in [0.717, 1.165) is 11.1 Å². The predicted molar refractivity (Wildman–Crippen MR) is 217 cm³/mol. The number of benzene rings is 5. The van der Waals surface area contributed by atoms with E-state index in [0.29, 0.717) is 85.0 Å². The van der Waals surface area contributed by atoms with Gasteiger partial charge in [0.1, 0.15) is 6.61 Å². The van der Waals surface area contributed by atoms with Crippen LogP contribution in [0.5, 0.6) is 0 Å². The number of hydroxylamine groups is 2. The van der Waals surface area contributed by atoms with Crippen LogP contribution < -0.4 is 10.6 Å². The van der Waals surface area contributed by atoms with E-state index >= 15 is 0 Å². The second-order valence-electron chi connectivity index (χ2n) is 13.8. The van der Waals surface area contributed by atoms with Gasteiger partial charge >= 0.3 is 12.1 Å². The molecule has 0 bridgehead atoms. The fourth-order valence-electron chi connectivity index (χ4n) is 7.34. The Balaban J connectivity index is 0.737. The molecular formula is C45H45N3O11. The number of hydrogen-bond acceptors (Lipinski definition) is 11. The molecule has 0 unspecified atom stereocenters. The summed E-state index contributed by atoms with van der Waals surface area (Å²) in [5, 5.41) is 8.07. The lowest BCUT2D eigenvalue weighted by atomic mass is 9.91. The lowest BCUT2D eigenvalue weighted by Gasteiger charge is -2.18. The first-order valence-corrected chi connectivity index (χ1v) is 19.6. The Bertz CT molecular complexity index is 2210. The first-order valence-electron chi connectivity index (χ1n) is 19.6. The third-order valence-corrected chi connectivity index (χ3v) is 10.1. The molecule has 4 amide bonds. The number of fused-ring (bicyclic) bond motifs is 5. The van der Waals surface area contributed by atoms with Crippen molar-refractivity contribution < 1.29 is 52.5 Å². The first-order chi connectivity index (χ1) is 28.9. The van der Waals surface area contributed by atoms with Gasteiger partial charge in [-0.05, 0) is 43.8 Å². The number of hydrogen-bond donors (Lipinski definition) is 2. The second kappa shape index (κ2) is 20.0. The van der Waals surface area contributed by atoms with E-state index < -0.39 is 23.9 Å². The van der Waals surface area contributed by atoms with Crippen molar-refractivity contribution in [3.05, 3.63) is 119 Å². The highest BCUT2D eigenvalue weighted by atomic mass is 16.7. The van der Waals surface area contributed by atoms with Gasteiger partial charge in [0, 0.05) is 31.8 Å². The Kier molecular flexibility index (Phi) is 13.9. The van der Waals surface area contributed by atoms with Crippen LogP contribution in [0, 0.1) is 0 Å². The molecule has 2 aliphatic rings. The Hall–Kier alpha value is -6.19. The van der Waals surface area contributed by atoms with E-state index in [2.05, 4.69) is 34.9 Å². The molecule has 1 aliphatic carbocycles. The van der Waals surface area contributed by atoms with Crippen molar-refractivity contribution in [3.8, 4) is 11.1 Å². The predicted octanol–water partition coefficient (Wildman–Crippen LogP) is 5.55. The third-order valence-electron chi connectivity index (χ3n) is 10.1. The molecule has 1 aliphatic heterocycles. The largest absolute Gasteiger partial charge is 0.449 e. The number of ether oxygens (including phenoxy) is 5. The van der Waals surface area contributed by atoms with Gasteiger partial charge in [-0.25, -0.2) is 9.59 Å². The molecule has 0 spiro atoms. The van der Waals surface area contributed by atoms with E-state index in [-0.39, 0.29) is 50.0 Å². The number of amides is 4. The van der Waals surface area contributed by atoms with Crippen LogP contribution in [-0.4, -0.2) is 107 Å². The Morgan fingerprint density at radius 1 is 0.542 bits per heavy atom. The normalized spacial score (nSPS) is 13.5. The average Bonchev–Trinajstić information content (AvgIpc) is 3.75. The number of nitrogens with one attached hydrogen (secondary N) is 2. The number of nitrogens with zero attached hydrogens (tertiary/aromatic N) is 1. The molecule has 0 aromatic heterocycles. The van der Waals surface area contributed by atoms with Gasteiger partial charge in [0.2, 0.25) is 0 Å². The summed E-state index contributed by atoms with van der Waals surface area (Å²) in [5.41, 5.74) is 5.22. The molecule has 59 heavy (non-hydrogen) atoms. The topological polar surface area (TPSA) is 168 Å². The molecule has 14 nitrogen and oxygen atoms in total. The van der Waals surface area contributed by atoms with Gasteiger partial charge in [-0.2, -0.15) is 0 Å². The van der Waals surface area contributed by atoms with Crippen molar-refractivity contribution >= 4 is 51.3 Å². The molecule has 306 valence electrons. The van der Waals surface area contributed by atoms with Crippen LogP contribution in [-0.2, 0) is 38.1 Å². The van der Waals surface area contributed by atoms with E-state index in [1.165, 1.54) is 11.1 Å². The number of carbonyl (C=O) groups excluding carboxylic acids is 5. The minimum absolute atomic E-state index is 0.00787. The summed E-state index contributed by atoms with van der Waals surface area (Å²) in [6.07, 6.45) is -0.524. The Morgan fingerprint density at radius 2 is 0.966 bits per heavy atom. The summed E-state index contributed by atoms with van der Waals surface area (Å²) in [6.45, 7) is 3.54. The van der Waals surface area contributed by atoms with E-state index in [4.69, 9.17) is 28.5 Å². The minimum atomic E-state index is -0.862. The minimum Gasteiger partial charge on any atom is -0.449 e. The zero-order valence-electron chi connectivity index (χ0n) is 32.4. The van der Waals surface area contributed by atoms with Crippen molar-refractivity contribution in [1.82, 2.24) is 15.7 Å². The van der Waals surface area contributed by atoms with Gasteiger partial charge in [0.25, 0.3) is 17.7 Å². The summed E-state index contributed by atoms with van der Waals surface area (Å²) in [4.78, 5) is 68.8. The maximum absolute atomic E-state index is 13.6. The average molecular weight is 804 g/mol. The van der Waals surface area contributed by atoms with Crippen molar-refractivity contribution in [2.75, 3.05) is 72.6 Å². The monoisotopic (exact) mass is 803 g/mol. The molecule has 7 rings (SSSR count). The van der Waals surface area contributed by atoms with E-state index in [9.17, 15) is 24.0 Å². The fourth-order valence-corrected chi connectivity index (χ4v) is 7.34. The highest BCUT2D eigenvalue weighted by Gasteiger charge is 2.34. The molecule has 0 atom stereocenters. The van der Waals surface area contributed by atoms with Gasteiger partial charge in [0.05, 0.1) is 64.0 Å². The Labute approximate surface area is 340 Å². The van der Waals surface area contributed by atoms with Gasteiger partial charge < -0.3 is 39.2 Å².